The van der Waals surface area contributed by atoms with Gasteiger partial charge in [0, 0.05) is 32.8 Å². The third-order valence-corrected chi connectivity index (χ3v) is 3.97. The minimum Gasteiger partial charge on any atom is -0.393 e. The molecule has 5 heteroatoms. The Hall–Kier alpha value is -1.36. The number of aliphatic hydroxyl groups excluding tert-OH is 1. The summed E-state index contributed by atoms with van der Waals surface area (Å²) in [6.07, 6.45) is 5.60. The Morgan fingerprint density at radius 1 is 1.53 bits per heavy atom. The van der Waals surface area contributed by atoms with E-state index >= 15 is 0 Å². The molecular formula is C14H23N3O2. The number of aliphatic hydroxyl groups is 1. The molecule has 0 radical (unpaired) electrons. The summed E-state index contributed by atoms with van der Waals surface area (Å²) < 4.78 is 1.66. The Morgan fingerprint density at radius 3 is 2.79 bits per heavy atom. The van der Waals surface area contributed by atoms with E-state index in [0.29, 0.717) is 12.1 Å². The van der Waals surface area contributed by atoms with Gasteiger partial charge < -0.3 is 10.0 Å². The molecule has 1 aliphatic rings. The maximum atomic E-state index is 12.4. The molecule has 1 fully saturated rings. The summed E-state index contributed by atoms with van der Waals surface area (Å²) in [4.78, 5) is 14.1. The van der Waals surface area contributed by atoms with Crippen LogP contribution in [0.3, 0.4) is 0 Å². The first-order chi connectivity index (χ1) is 8.99. The normalized spacial score (nSPS) is 23.4. The summed E-state index contributed by atoms with van der Waals surface area (Å²) in [5, 5.41) is 14.2. The second-order valence-electron chi connectivity index (χ2n) is 5.60. The molecule has 0 saturated heterocycles. The molecule has 0 bridgehead atoms. The van der Waals surface area contributed by atoms with Crippen molar-refractivity contribution in [1.82, 2.24) is 14.7 Å². The van der Waals surface area contributed by atoms with Crippen LogP contribution in [0.25, 0.3) is 0 Å². The molecule has 1 N–H and O–H groups in total. The van der Waals surface area contributed by atoms with Crippen molar-refractivity contribution in [2.75, 3.05) is 13.6 Å². The molecule has 0 spiro atoms. The molecule has 106 valence electrons. The fraction of sp³-hybridized carbons (Fsp3) is 0.714. The largest absolute Gasteiger partial charge is 0.393 e. The predicted octanol–water partition coefficient (Wildman–Crippen LogP) is 1.35. The van der Waals surface area contributed by atoms with E-state index < -0.39 is 0 Å². The molecule has 1 aliphatic carbocycles. The van der Waals surface area contributed by atoms with Crippen LogP contribution in [0.5, 0.6) is 0 Å². The van der Waals surface area contributed by atoms with E-state index in [1.807, 2.05) is 14.0 Å². The van der Waals surface area contributed by atoms with E-state index in [2.05, 4.69) is 5.10 Å². The fourth-order valence-corrected chi connectivity index (χ4v) is 2.85. The lowest BCUT2D eigenvalue weighted by atomic mass is 9.86. The van der Waals surface area contributed by atoms with Crippen molar-refractivity contribution in [2.45, 2.75) is 38.7 Å². The molecule has 5 nitrogen and oxygen atoms in total. The second-order valence-corrected chi connectivity index (χ2v) is 5.60. The van der Waals surface area contributed by atoms with E-state index in [4.69, 9.17) is 0 Å². The lowest BCUT2D eigenvalue weighted by molar-refractivity contribution is 0.0451. The molecule has 0 aromatic carbocycles. The van der Waals surface area contributed by atoms with Gasteiger partial charge in [-0.15, -0.1) is 0 Å². The quantitative estimate of drug-likeness (QED) is 0.897. The highest BCUT2D eigenvalue weighted by Gasteiger charge is 2.26. The van der Waals surface area contributed by atoms with Crippen LogP contribution in [0.4, 0.5) is 0 Å². The predicted molar refractivity (Wildman–Crippen MR) is 72.9 cm³/mol. The molecule has 1 amide bonds. The summed E-state index contributed by atoms with van der Waals surface area (Å²) in [6.45, 7) is 2.46. The van der Waals surface area contributed by atoms with Gasteiger partial charge in [-0.25, -0.2) is 0 Å². The average molecular weight is 265 g/mol. The Bertz CT molecular complexity index is 456. The van der Waals surface area contributed by atoms with E-state index in [0.717, 1.165) is 31.4 Å². The number of hydrogen-bond acceptors (Lipinski definition) is 3. The van der Waals surface area contributed by atoms with Crippen molar-refractivity contribution in [2.24, 2.45) is 13.0 Å². The third-order valence-electron chi connectivity index (χ3n) is 3.97. The number of nitrogens with zero attached hydrogens (tertiary/aromatic N) is 3. The molecule has 0 aliphatic heterocycles. The number of carbonyl (C=O) groups excluding carboxylic acids is 1. The van der Waals surface area contributed by atoms with Gasteiger partial charge >= 0.3 is 0 Å². The second kappa shape index (κ2) is 5.74. The maximum Gasteiger partial charge on any atom is 0.257 e. The van der Waals surface area contributed by atoms with Crippen LogP contribution in [0.15, 0.2) is 6.20 Å². The van der Waals surface area contributed by atoms with Crippen LogP contribution < -0.4 is 0 Å². The van der Waals surface area contributed by atoms with Crippen molar-refractivity contribution in [3.05, 3.63) is 17.5 Å². The van der Waals surface area contributed by atoms with E-state index in [1.54, 1.807) is 22.8 Å². The maximum absolute atomic E-state index is 12.4. The van der Waals surface area contributed by atoms with Gasteiger partial charge in [0.1, 0.15) is 0 Å². The van der Waals surface area contributed by atoms with Gasteiger partial charge in [-0.2, -0.15) is 5.10 Å². The summed E-state index contributed by atoms with van der Waals surface area (Å²) in [5.41, 5.74) is 1.40. The summed E-state index contributed by atoms with van der Waals surface area (Å²) in [7, 11) is 3.62. The summed E-state index contributed by atoms with van der Waals surface area (Å²) >= 11 is 0. The number of hydrogen-bond donors (Lipinski definition) is 1. The van der Waals surface area contributed by atoms with Crippen LogP contribution in [-0.4, -0.2) is 45.4 Å². The number of carbonyl (C=O) groups is 1. The van der Waals surface area contributed by atoms with Gasteiger partial charge in [-0.3, -0.25) is 9.48 Å². The Kier molecular flexibility index (Phi) is 4.24. The number of aromatic nitrogens is 2. The highest BCUT2D eigenvalue weighted by Crippen LogP contribution is 2.25. The lowest BCUT2D eigenvalue weighted by Gasteiger charge is -2.31. The minimum absolute atomic E-state index is 0.0108. The Labute approximate surface area is 114 Å². The zero-order valence-corrected chi connectivity index (χ0v) is 12.0. The van der Waals surface area contributed by atoms with Crippen LogP contribution in [0, 0.1) is 12.8 Å². The summed E-state index contributed by atoms with van der Waals surface area (Å²) in [5.74, 6) is 0.197. The van der Waals surface area contributed by atoms with Crippen molar-refractivity contribution in [3.63, 3.8) is 0 Å². The first-order valence-electron chi connectivity index (χ1n) is 6.93. The first kappa shape index (κ1) is 14.1. The monoisotopic (exact) mass is 265 g/mol. The van der Waals surface area contributed by atoms with Crippen LogP contribution >= 0.6 is 0 Å². The Morgan fingerprint density at radius 2 is 2.21 bits per heavy atom. The summed E-state index contributed by atoms with van der Waals surface area (Å²) in [6, 6.07) is 0. The topological polar surface area (TPSA) is 58.4 Å². The molecule has 2 unspecified atom stereocenters. The SMILES string of the molecule is Cc1nn(C)cc1C(=O)N(C)CC1CCCCC1O. The third kappa shape index (κ3) is 3.15. The number of amides is 1. The average Bonchev–Trinajstić information content (AvgIpc) is 2.70. The standard InChI is InChI=1S/C14H23N3O2/c1-10-12(9-17(3)15-10)14(19)16(2)8-11-6-4-5-7-13(11)18/h9,11,13,18H,4-8H2,1-3H3. The molecule has 19 heavy (non-hydrogen) atoms. The van der Waals surface area contributed by atoms with E-state index in [-0.39, 0.29) is 17.9 Å². The molecule has 2 rings (SSSR count). The van der Waals surface area contributed by atoms with Crippen LogP contribution in [-0.2, 0) is 7.05 Å². The van der Waals surface area contributed by atoms with Gasteiger partial charge in [-0.05, 0) is 19.8 Å². The molecule has 1 aromatic heterocycles. The van der Waals surface area contributed by atoms with Crippen molar-refractivity contribution in [1.29, 1.82) is 0 Å². The molecule has 1 heterocycles. The smallest absolute Gasteiger partial charge is 0.257 e. The van der Waals surface area contributed by atoms with Gasteiger partial charge in [0.15, 0.2) is 0 Å². The van der Waals surface area contributed by atoms with Crippen LogP contribution in [0.1, 0.15) is 41.7 Å². The molecule has 1 saturated carbocycles. The zero-order valence-electron chi connectivity index (χ0n) is 12.0. The van der Waals surface area contributed by atoms with E-state index in [9.17, 15) is 9.90 Å². The van der Waals surface area contributed by atoms with E-state index in [1.165, 1.54) is 0 Å². The van der Waals surface area contributed by atoms with Gasteiger partial charge in [0.05, 0.1) is 17.4 Å². The highest BCUT2D eigenvalue weighted by molar-refractivity contribution is 5.94. The first-order valence-corrected chi connectivity index (χ1v) is 6.93. The van der Waals surface area contributed by atoms with Crippen LogP contribution in [0.2, 0.25) is 0 Å². The Balaban J connectivity index is 2.01. The fourth-order valence-electron chi connectivity index (χ4n) is 2.85. The molecule has 2 atom stereocenters. The van der Waals surface area contributed by atoms with Gasteiger partial charge in [0.25, 0.3) is 5.91 Å². The molecular weight excluding hydrogens is 242 g/mol. The zero-order chi connectivity index (χ0) is 14.0. The number of rotatable bonds is 3. The van der Waals surface area contributed by atoms with Gasteiger partial charge in [0.2, 0.25) is 0 Å². The van der Waals surface area contributed by atoms with Gasteiger partial charge in [-0.1, -0.05) is 12.8 Å². The van der Waals surface area contributed by atoms with Crippen molar-refractivity contribution >= 4 is 5.91 Å². The molecule has 1 aromatic rings. The van der Waals surface area contributed by atoms with Crippen molar-refractivity contribution < 1.29 is 9.90 Å². The number of aryl methyl sites for hydroxylation is 2. The minimum atomic E-state index is -0.265. The lowest BCUT2D eigenvalue weighted by Crippen LogP contribution is -2.38. The highest BCUT2D eigenvalue weighted by atomic mass is 16.3. The van der Waals surface area contributed by atoms with Crippen molar-refractivity contribution in [3.8, 4) is 0 Å².